The normalized spacial score (nSPS) is 39.6. The van der Waals surface area contributed by atoms with E-state index < -0.39 is 0 Å². The van der Waals surface area contributed by atoms with Crippen LogP contribution in [0.15, 0.2) is 11.5 Å². The third-order valence-corrected chi connectivity index (χ3v) is 4.90. The largest absolute Gasteiger partial charge is 0.487 e. The Morgan fingerprint density at radius 2 is 1.72 bits per heavy atom. The lowest BCUT2D eigenvalue weighted by Gasteiger charge is -2.32. The summed E-state index contributed by atoms with van der Waals surface area (Å²) in [4.78, 5) is 0. The molecule has 18 heavy (non-hydrogen) atoms. The molecule has 3 nitrogen and oxygen atoms in total. The molecule has 2 atom stereocenters. The van der Waals surface area contributed by atoms with Crippen molar-refractivity contribution in [3.63, 3.8) is 0 Å². The van der Waals surface area contributed by atoms with E-state index in [2.05, 4.69) is 33.7 Å². The average Bonchev–Trinajstić information content (AvgIpc) is 2.72. The summed E-state index contributed by atoms with van der Waals surface area (Å²) in [6.07, 6.45) is 5.50. The third kappa shape index (κ3) is 2.04. The Balaban J connectivity index is 1.74. The van der Waals surface area contributed by atoms with Crippen molar-refractivity contribution in [1.29, 1.82) is 0 Å². The van der Waals surface area contributed by atoms with Crippen LogP contribution < -0.4 is 0 Å². The van der Waals surface area contributed by atoms with E-state index in [0.29, 0.717) is 12.2 Å². The Bertz CT molecular complexity index is 359. The van der Waals surface area contributed by atoms with Crippen molar-refractivity contribution in [3.8, 4) is 0 Å². The Labute approximate surface area is 110 Å². The third-order valence-electron chi connectivity index (χ3n) is 4.90. The zero-order valence-electron chi connectivity index (χ0n) is 11.9. The van der Waals surface area contributed by atoms with Crippen molar-refractivity contribution in [2.75, 3.05) is 0 Å². The highest BCUT2D eigenvalue weighted by molar-refractivity contribution is 6.51. The monoisotopic (exact) mass is 250 g/mol. The molecule has 4 heteroatoms. The first-order chi connectivity index (χ1) is 8.37. The van der Waals surface area contributed by atoms with Gasteiger partial charge in [0.15, 0.2) is 0 Å². The molecule has 0 aromatic carbocycles. The molecule has 0 aromatic rings. The number of hydrogen-bond donors (Lipinski definition) is 0. The summed E-state index contributed by atoms with van der Waals surface area (Å²) in [7, 11) is -0.217. The van der Waals surface area contributed by atoms with Gasteiger partial charge in [0.2, 0.25) is 0 Å². The molecule has 0 N–H and O–H groups in total. The molecular weight excluding hydrogens is 227 g/mol. The summed E-state index contributed by atoms with van der Waals surface area (Å²) in [5.74, 6) is 2.16. The molecule has 0 saturated carbocycles. The maximum atomic E-state index is 6.02. The maximum Gasteiger partial charge on any atom is 0.487 e. The van der Waals surface area contributed by atoms with Gasteiger partial charge in [0.1, 0.15) is 0 Å². The van der Waals surface area contributed by atoms with Gasteiger partial charge in [-0.15, -0.1) is 0 Å². The van der Waals surface area contributed by atoms with Gasteiger partial charge in [-0.05, 0) is 59.0 Å². The summed E-state index contributed by atoms with van der Waals surface area (Å²) in [5, 5.41) is 0. The minimum absolute atomic E-state index is 0.217. The fourth-order valence-corrected chi connectivity index (χ4v) is 3.00. The van der Waals surface area contributed by atoms with Crippen molar-refractivity contribution in [3.05, 3.63) is 11.5 Å². The van der Waals surface area contributed by atoms with Crippen molar-refractivity contribution in [2.45, 2.75) is 76.8 Å². The van der Waals surface area contributed by atoms with E-state index in [1.807, 2.05) is 0 Å². The van der Waals surface area contributed by atoms with Gasteiger partial charge in [-0.25, -0.2) is 0 Å². The van der Waals surface area contributed by atoms with Crippen LogP contribution in [0.3, 0.4) is 0 Å². The van der Waals surface area contributed by atoms with E-state index in [4.69, 9.17) is 14.0 Å². The zero-order valence-corrected chi connectivity index (χ0v) is 11.9. The van der Waals surface area contributed by atoms with Gasteiger partial charge in [0.05, 0.1) is 23.4 Å². The second-order valence-corrected chi connectivity index (χ2v) is 6.73. The first-order valence-electron chi connectivity index (χ1n) is 7.09. The van der Waals surface area contributed by atoms with E-state index in [9.17, 15) is 0 Å². The van der Waals surface area contributed by atoms with Gasteiger partial charge in [0, 0.05) is 0 Å². The molecule has 3 aliphatic heterocycles. The van der Waals surface area contributed by atoms with Crippen molar-refractivity contribution >= 4 is 7.12 Å². The van der Waals surface area contributed by atoms with Crippen LogP contribution in [0.25, 0.3) is 0 Å². The summed E-state index contributed by atoms with van der Waals surface area (Å²) in [6.45, 7) is 8.37. The average molecular weight is 250 g/mol. The summed E-state index contributed by atoms with van der Waals surface area (Å²) < 4.78 is 18.0. The van der Waals surface area contributed by atoms with Crippen LogP contribution in [0, 0.1) is 0 Å². The first kappa shape index (κ1) is 12.7. The molecule has 0 amide bonds. The minimum atomic E-state index is -0.248. The molecule has 3 saturated heterocycles. The number of hydrogen-bond acceptors (Lipinski definition) is 3. The number of ether oxygens (including phenoxy) is 1. The second-order valence-electron chi connectivity index (χ2n) is 6.73. The minimum Gasteiger partial charge on any atom is -0.400 e. The van der Waals surface area contributed by atoms with Gasteiger partial charge in [-0.3, -0.25) is 0 Å². The Morgan fingerprint density at radius 3 is 2.39 bits per heavy atom. The van der Waals surface area contributed by atoms with Crippen LogP contribution in [0.4, 0.5) is 0 Å². The van der Waals surface area contributed by atoms with E-state index >= 15 is 0 Å². The lowest BCUT2D eigenvalue weighted by Crippen LogP contribution is -2.41. The van der Waals surface area contributed by atoms with Crippen LogP contribution in [0.2, 0.25) is 0 Å². The van der Waals surface area contributed by atoms with Gasteiger partial charge in [0.25, 0.3) is 0 Å². The molecule has 100 valence electrons. The van der Waals surface area contributed by atoms with Crippen molar-refractivity contribution in [2.24, 2.45) is 0 Å². The highest BCUT2D eigenvalue weighted by Gasteiger charge is 2.50. The van der Waals surface area contributed by atoms with E-state index in [1.165, 1.54) is 12.0 Å². The number of rotatable bonds is 1. The standard InChI is InChI=1S/C14H23BO3/c1-13(2)14(3,4)18-15(17-13)9-10-5-6-11-7-8-12(10)16-11/h9,11-12H,5-8H2,1-4H3/b10-9-. The van der Waals surface area contributed by atoms with E-state index in [1.54, 1.807) is 0 Å². The van der Waals surface area contributed by atoms with Gasteiger partial charge < -0.3 is 14.0 Å². The van der Waals surface area contributed by atoms with Crippen LogP contribution in [-0.4, -0.2) is 30.5 Å². The highest BCUT2D eigenvalue weighted by Crippen LogP contribution is 2.40. The molecular formula is C14H23BO3. The van der Waals surface area contributed by atoms with Crippen molar-refractivity contribution in [1.82, 2.24) is 0 Å². The first-order valence-corrected chi connectivity index (χ1v) is 7.09. The highest BCUT2D eigenvalue weighted by atomic mass is 16.7. The predicted molar refractivity (Wildman–Crippen MR) is 71.3 cm³/mol. The molecule has 0 radical (unpaired) electrons. The molecule has 2 bridgehead atoms. The fourth-order valence-electron chi connectivity index (χ4n) is 3.00. The Morgan fingerprint density at radius 1 is 1.06 bits per heavy atom. The molecule has 0 aliphatic carbocycles. The van der Waals surface area contributed by atoms with Crippen molar-refractivity contribution < 1.29 is 14.0 Å². The van der Waals surface area contributed by atoms with Crippen LogP contribution in [0.5, 0.6) is 0 Å². The van der Waals surface area contributed by atoms with Gasteiger partial charge >= 0.3 is 7.12 Å². The lowest BCUT2D eigenvalue weighted by molar-refractivity contribution is 0.00578. The smallest absolute Gasteiger partial charge is 0.400 e. The SMILES string of the molecule is CC1(C)OB(/C=C2/CCC3CCC2O3)OC1(C)C. The van der Waals surface area contributed by atoms with Gasteiger partial charge in [-0.1, -0.05) is 5.98 Å². The summed E-state index contributed by atoms with van der Waals surface area (Å²) >= 11 is 0. The van der Waals surface area contributed by atoms with E-state index in [0.717, 1.165) is 19.3 Å². The molecule has 3 fully saturated rings. The molecule has 0 aromatic heterocycles. The molecule has 3 aliphatic rings. The predicted octanol–water partition coefficient (Wildman–Crippen LogP) is 2.89. The van der Waals surface area contributed by atoms with Crippen LogP contribution >= 0.6 is 0 Å². The zero-order chi connectivity index (χ0) is 13.0. The summed E-state index contributed by atoms with van der Waals surface area (Å²) in [6, 6.07) is 0. The van der Waals surface area contributed by atoms with Gasteiger partial charge in [-0.2, -0.15) is 0 Å². The van der Waals surface area contributed by atoms with Crippen LogP contribution in [0.1, 0.15) is 53.4 Å². The number of fused-ring (bicyclic) bond motifs is 2. The Kier molecular flexibility index (Phi) is 2.89. The van der Waals surface area contributed by atoms with E-state index in [-0.39, 0.29) is 18.3 Å². The summed E-state index contributed by atoms with van der Waals surface area (Å²) in [5.41, 5.74) is 0.882. The molecule has 0 spiro atoms. The maximum absolute atomic E-state index is 6.02. The fraction of sp³-hybridized carbons (Fsp3) is 0.857. The topological polar surface area (TPSA) is 27.7 Å². The second kappa shape index (κ2) is 4.09. The Hall–Kier alpha value is -0.315. The molecule has 2 unspecified atom stereocenters. The molecule has 3 rings (SSSR count). The van der Waals surface area contributed by atoms with Crippen LogP contribution in [-0.2, 0) is 14.0 Å². The molecule has 3 heterocycles. The lowest BCUT2D eigenvalue weighted by atomic mass is 9.83. The quantitative estimate of drug-likeness (QED) is 0.670.